The molecule has 0 amide bonds. The number of halogens is 1. The molecule has 3 nitrogen and oxygen atoms in total. The molecule has 0 aromatic heterocycles. The normalized spacial score (nSPS) is 11.3. The van der Waals surface area contributed by atoms with Crippen LogP contribution in [0.2, 0.25) is 0 Å². The summed E-state index contributed by atoms with van der Waals surface area (Å²) in [6.07, 6.45) is 0. The third-order valence-electron chi connectivity index (χ3n) is 2.75. The lowest BCUT2D eigenvalue weighted by Crippen LogP contribution is -2.15. The Labute approximate surface area is 112 Å². The van der Waals surface area contributed by atoms with Crippen molar-refractivity contribution in [2.24, 2.45) is 0 Å². The number of hydrogen-bond donors (Lipinski definition) is 1. The molecule has 0 unspecified atom stereocenters. The highest BCUT2D eigenvalue weighted by molar-refractivity contribution is 7.92. The van der Waals surface area contributed by atoms with Crippen molar-refractivity contribution in [1.82, 2.24) is 0 Å². The average molecular weight is 279 g/mol. The lowest BCUT2D eigenvalue weighted by molar-refractivity contribution is 0.570. The van der Waals surface area contributed by atoms with Crippen LogP contribution in [0.25, 0.3) is 0 Å². The molecule has 2 rings (SSSR count). The summed E-state index contributed by atoms with van der Waals surface area (Å²) < 4.78 is 40.2. The second-order valence-electron chi connectivity index (χ2n) is 4.35. The average Bonchev–Trinajstić information content (AvgIpc) is 2.33. The van der Waals surface area contributed by atoms with Gasteiger partial charge in [-0.3, -0.25) is 4.72 Å². The van der Waals surface area contributed by atoms with Gasteiger partial charge in [0, 0.05) is 0 Å². The molecule has 0 heterocycles. The molecular weight excluding hydrogens is 265 g/mol. The molecule has 19 heavy (non-hydrogen) atoms. The quantitative estimate of drug-likeness (QED) is 0.937. The van der Waals surface area contributed by atoms with E-state index in [0.29, 0.717) is 5.69 Å². The molecular formula is C14H14FNO2S. The molecule has 0 fully saturated rings. The molecule has 0 aliphatic carbocycles. The number of aryl methyl sites for hydroxylation is 2. The molecule has 100 valence electrons. The maximum Gasteiger partial charge on any atom is 0.264 e. The van der Waals surface area contributed by atoms with Crippen molar-refractivity contribution in [3.8, 4) is 0 Å². The molecule has 0 atom stereocenters. The Bertz CT molecular complexity index is 711. The summed E-state index contributed by atoms with van der Waals surface area (Å²) in [6.45, 7) is 3.72. The molecule has 0 bridgehead atoms. The number of anilines is 1. The minimum Gasteiger partial charge on any atom is -0.279 e. The molecule has 0 spiro atoms. The first-order valence-corrected chi connectivity index (χ1v) is 7.23. The van der Waals surface area contributed by atoms with E-state index in [1.165, 1.54) is 18.2 Å². The van der Waals surface area contributed by atoms with E-state index in [1.54, 1.807) is 19.1 Å². The molecule has 0 saturated heterocycles. The van der Waals surface area contributed by atoms with Gasteiger partial charge in [-0.2, -0.15) is 0 Å². The fraction of sp³-hybridized carbons (Fsp3) is 0.143. The molecule has 0 saturated carbocycles. The number of nitrogens with one attached hydrogen (secondary N) is 1. The Morgan fingerprint density at radius 2 is 1.74 bits per heavy atom. The smallest absolute Gasteiger partial charge is 0.264 e. The van der Waals surface area contributed by atoms with Crippen LogP contribution in [-0.2, 0) is 10.0 Å². The van der Waals surface area contributed by atoms with Crippen LogP contribution in [0.5, 0.6) is 0 Å². The van der Waals surface area contributed by atoms with E-state index >= 15 is 0 Å². The van der Waals surface area contributed by atoms with Gasteiger partial charge in [0.1, 0.15) is 10.7 Å². The highest BCUT2D eigenvalue weighted by Gasteiger charge is 2.19. The highest BCUT2D eigenvalue weighted by atomic mass is 32.2. The number of hydrogen-bond acceptors (Lipinski definition) is 2. The minimum atomic E-state index is -3.90. The Balaban J connectivity index is 2.40. The van der Waals surface area contributed by atoms with E-state index in [4.69, 9.17) is 0 Å². The summed E-state index contributed by atoms with van der Waals surface area (Å²) in [4.78, 5) is -0.352. The van der Waals surface area contributed by atoms with Gasteiger partial charge in [0.05, 0.1) is 5.69 Å². The monoisotopic (exact) mass is 279 g/mol. The Kier molecular flexibility index (Phi) is 3.57. The van der Waals surface area contributed by atoms with Gasteiger partial charge >= 0.3 is 0 Å². The fourth-order valence-electron chi connectivity index (χ4n) is 1.79. The largest absolute Gasteiger partial charge is 0.279 e. The first-order chi connectivity index (χ1) is 8.90. The zero-order valence-electron chi connectivity index (χ0n) is 10.6. The summed E-state index contributed by atoms with van der Waals surface area (Å²) in [5, 5.41) is 0. The molecule has 0 aliphatic rings. The third-order valence-corrected chi connectivity index (χ3v) is 4.15. The van der Waals surface area contributed by atoms with E-state index in [0.717, 1.165) is 17.2 Å². The molecule has 0 aliphatic heterocycles. The topological polar surface area (TPSA) is 46.2 Å². The van der Waals surface area contributed by atoms with Crippen molar-refractivity contribution in [1.29, 1.82) is 0 Å². The second kappa shape index (κ2) is 5.01. The van der Waals surface area contributed by atoms with Gasteiger partial charge < -0.3 is 0 Å². The summed E-state index contributed by atoms with van der Waals surface area (Å²) >= 11 is 0. The summed E-state index contributed by atoms with van der Waals surface area (Å²) in [5.74, 6) is -0.764. The van der Waals surface area contributed by atoms with Gasteiger partial charge in [0.15, 0.2) is 0 Å². The van der Waals surface area contributed by atoms with Crippen molar-refractivity contribution in [2.45, 2.75) is 18.7 Å². The zero-order valence-corrected chi connectivity index (χ0v) is 11.5. The second-order valence-corrected chi connectivity index (χ2v) is 6.01. The molecule has 2 aromatic rings. The highest BCUT2D eigenvalue weighted by Crippen LogP contribution is 2.21. The predicted octanol–water partition coefficient (Wildman–Crippen LogP) is 3.24. The lowest BCUT2D eigenvalue weighted by atomic mass is 10.1. The summed E-state index contributed by atoms with van der Waals surface area (Å²) in [6, 6.07) is 10.6. The van der Waals surface area contributed by atoms with Crippen molar-refractivity contribution < 1.29 is 12.8 Å². The molecule has 0 radical (unpaired) electrons. The lowest BCUT2D eigenvalue weighted by Gasteiger charge is -2.11. The van der Waals surface area contributed by atoms with Crippen molar-refractivity contribution in [3.05, 3.63) is 59.4 Å². The van der Waals surface area contributed by atoms with E-state index in [1.807, 2.05) is 13.0 Å². The predicted molar refractivity (Wildman–Crippen MR) is 73.1 cm³/mol. The van der Waals surface area contributed by atoms with Gasteiger partial charge in [-0.15, -0.1) is 0 Å². The van der Waals surface area contributed by atoms with E-state index < -0.39 is 15.8 Å². The van der Waals surface area contributed by atoms with Crippen molar-refractivity contribution in [3.63, 3.8) is 0 Å². The maximum atomic E-state index is 13.5. The van der Waals surface area contributed by atoms with Crippen LogP contribution in [0.15, 0.2) is 47.4 Å². The summed E-state index contributed by atoms with van der Waals surface area (Å²) in [7, 11) is -3.90. The van der Waals surface area contributed by atoms with E-state index in [9.17, 15) is 12.8 Å². The third kappa shape index (κ3) is 2.93. The Morgan fingerprint density at radius 3 is 2.37 bits per heavy atom. The van der Waals surface area contributed by atoms with Crippen LogP contribution in [0.4, 0.5) is 10.1 Å². The van der Waals surface area contributed by atoms with Gasteiger partial charge in [0.2, 0.25) is 0 Å². The van der Waals surface area contributed by atoms with Crippen LogP contribution in [0, 0.1) is 19.7 Å². The zero-order chi connectivity index (χ0) is 14.0. The summed E-state index contributed by atoms with van der Waals surface area (Å²) in [5.41, 5.74) is 2.28. The van der Waals surface area contributed by atoms with Crippen LogP contribution in [-0.4, -0.2) is 8.42 Å². The molecule has 1 N–H and O–H groups in total. The minimum absolute atomic E-state index is 0.352. The van der Waals surface area contributed by atoms with Crippen molar-refractivity contribution >= 4 is 15.7 Å². The first-order valence-electron chi connectivity index (χ1n) is 5.75. The Hall–Kier alpha value is -1.88. The van der Waals surface area contributed by atoms with Crippen LogP contribution >= 0.6 is 0 Å². The number of sulfonamides is 1. The first kappa shape index (κ1) is 13.5. The number of rotatable bonds is 3. The molecule has 5 heteroatoms. The fourth-order valence-corrected chi connectivity index (χ4v) is 3.00. The standard InChI is InChI=1S/C14H14FNO2S/c1-10-7-8-13(11(2)9-10)16-19(17,18)14-6-4-3-5-12(14)15/h3-9,16H,1-2H3. The Morgan fingerprint density at radius 1 is 1.05 bits per heavy atom. The van der Waals surface area contributed by atoms with Crippen LogP contribution < -0.4 is 4.72 Å². The van der Waals surface area contributed by atoms with Gasteiger partial charge in [-0.1, -0.05) is 29.8 Å². The van der Waals surface area contributed by atoms with E-state index in [-0.39, 0.29) is 4.90 Å². The van der Waals surface area contributed by atoms with Gasteiger partial charge in [-0.25, -0.2) is 12.8 Å². The van der Waals surface area contributed by atoms with Gasteiger partial charge in [-0.05, 0) is 37.6 Å². The van der Waals surface area contributed by atoms with Crippen molar-refractivity contribution in [2.75, 3.05) is 4.72 Å². The number of benzene rings is 2. The van der Waals surface area contributed by atoms with Gasteiger partial charge in [0.25, 0.3) is 10.0 Å². The maximum absolute atomic E-state index is 13.5. The molecule has 2 aromatic carbocycles. The SMILES string of the molecule is Cc1ccc(NS(=O)(=O)c2ccccc2F)c(C)c1. The van der Waals surface area contributed by atoms with Crippen LogP contribution in [0.1, 0.15) is 11.1 Å². The van der Waals surface area contributed by atoms with E-state index in [2.05, 4.69) is 4.72 Å². The van der Waals surface area contributed by atoms with Crippen LogP contribution in [0.3, 0.4) is 0 Å².